The van der Waals surface area contributed by atoms with Gasteiger partial charge in [-0.15, -0.1) is 12.4 Å². The van der Waals surface area contributed by atoms with E-state index in [0.29, 0.717) is 18.9 Å². The quantitative estimate of drug-likeness (QED) is 0.701. The molecule has 1 aromatic rings. The minimum atomic E-state index is -0.624. The molecule has 5 nitrogen and oxygen atoms in total. The van der Waals surface area contributed by atoms with E-state index in [0.717, 1.165) is 18.9 Å². The third-order valence-corrected chi connectivity index (χ3v) is 3.82. The number of anilines is 1. The van der Waals surface area contributed by atoms with E-state index in [1.807, 2.05) is 13.8 Å². The molecule has 1 atom stereocenters. The molecule has 1 aliphatic rings. The highest BCUT2D eigenvalue weighted by Gasteiger charge is 2.28. The summed E-state index contributed by atoms with van der Waals surface area (Å²) in [5.74, 6) is -0.544. The SMILES string of the molecule is CC(C)CC(=O)Nc1ccc(C(=O)NCC(N)C2CC2)cc1F.Cl. The smallest absolute Gasteiger partial charge is 0.251 e. The molecule has 0 aliphatic heterocycles. The van der Waals surface area contributed by atoms with E-state index in [2.05, 4.69) is 10.6 Å². The topological polar surface area (TPSA) is 84.2 Å². The molecule has 1 aromatic carbocycles. The highest BCUT2D eigenvalue weighted by atomic mass is 35.5. The van der Waals surface area contributed by atoms with Gasteiger partial charge in [0.1, 0.15) is 5.82 Å². The summed E-state index contributed by atoms with van der Waals surface area (Å²) in [5.41, 5.74) is 6.22. The molecule has 1 fully saturated rings. The Labute approximate surface area is 148 Å². The molecule has 2 amide bonds. The third-order valence-electron chi connectivity index (χ3n) is 3.82. The van der Waals surface area contributed by atoms with Gasteiger partial charge in [0.25, 0.3) is 5.91 Å². The first-order valence-corrected chi connectivity index (χ1v) is 8.00. The average molecular weight is 358 g/mol. The van der Waals surface area contributed by atoms with Crippen molar-refractivity contribution in [1.29, 1.82) is 0 Å². The molecule has 7 heteroatoms. The van der Waals surface area contributed by atoms with Crippen LogP contribution in [0.3, 0.4) is 0 Å². The van der Waals surface area contributed by atoms with Crippen LogP contribution in [0.25, 0.3) is 0 Å². The number of carbonyl (C=O) groups excluding carboxylic acids is 2. The molecule has 24 heavy (non-hydrogen) atoms. The van der Waals surface area contributed by atoms with Crippen LogP contribution < -0.4 is 16.4 Å². The average Bonchev–Trinajstić information content (AvgIpc) is 3.30. The molecule has 4 N–H and O–H groups in total. The maximum atomic E-state index is 14.0. The molecule has 0 radical (unpaired) electrons. The highest BCUT2D eigenvalue weighted by Crippen LogP contribution is 2.31. The summed E-state index contributed by atoms with van der Waals surface area (Å²) in [6.45, 7) is 4.21. The van der Waals surface area contributed by atoms with E-state index in [9.17, 15) is 14.0 Å². The van der Waals surface area contributed by atoms with Gasteiger partial charge in [0, 0.05) is 24.6 Å². The van der Waals surface area contributed by atoms with Crippen molar-refractivity contribution >= 4 is 29.9 Å². The van der Waals surface area contributed by atoms with E-state index in [-0.39, 0.29) is 47.4 Å². The van der Waals surface area contributed by atoms with Gasteiger partial charge in [0.05, 0.1) is 5.69 Å². The molecule has 134 valence electrons. The Morgan fingerprint density at radius 2 is 2.00 bits per heavy atom. The normalized spacial score (nSPS) is 14.7. The maximum Gasteiger partial charge on any atom is 0.251 e. The van der Waals surface area contributed by atoms with Crippen molar-refractivity contribution in [3.63, 3.8) is 0 Å². The molecule has 0 bridgehead atoms. The van der Waals surface area contributed by atoms with Crippen LogP contribution in [0.1, 0.15) is 43.5 Å². The molecule has 1 aliphatic carbocycles. The summed E-state index contributed by atoms with van der Waals surface area (Å²) in [6, 6.07) is 3.98. The maximum absolute atomic E-state index is 14.0. The number of carbonyl (C=O) groups is 2. The predicted molar refractivity (Wildman–Crippen MR) is 94.8 cm³/mol. The third kappa shape index (κ3) is 6.09. The lowest BCUT2D eigenvalue weighted by Gasteiger charge is -2.12. The fourth-order valence-electron chi connectivity index (χ4n) is 2.33. The van der Waals surface area contributed by atoms with Crippen molar-refractivity contribution in [1.82, 2.24) is 5.32 Å². The summed E-state index contributed by atoms with van der Waals surface area (Å²) in [4.78, 5) is 23.7. The first-order chi connectivity index (χ1) is 10.9. The van der Waals surface area contributed by atoms with Crippen LogP contribution in [0.15, 0.2) is 18.2 Å². The number of hydrogen-bond donors (Lipinski definition) is 3. The molecular weight excluding hydrogens is 333 g/mol. The predicted octanol–water partition coefficient (Wildman–Crippen LogP) is 2.70. The second-order valence-corrected chi connectivity index (χ2v) is 6.55. The van der Waals surface area contributed by atoms with E-state index < -0.39 is 5.82 Å². The van der Waals surface area contributed by atoms with Crippen molar-refractivity contribution in [2.75, 3.05) is 11.9 Å². The number of nitrogens with one attached hydrogen (secondary N) is 2. The van der Waals surface area contributed by atoms with E-state index >= 15 is 0 Å². The number of amides is 2. The molecule has 1 unspecified atom stereocenters. The van der Waals surface area contributed by atoms with Gasteiger partial charge in [-0.3, -0.25) is 9.59 Å². The summed E-state index contributed by atoms with van der Waals surface area (Å²) < 4.78 is 14.0. The van der Waals surface area contributed by atoms with Crippen LogP contribution in [0, 0.1) is 17.7 Å². The summed E-state index contributed by atoms with van der Waals surface area (Å²) in [6.07, 6.45) is 2.54. The minimum absolute atomic E-state index is 0. The van der Waals surface area contributed by atoms with Gasteiger partial charge < -0.3 is 16.4 Å². The molecule has 0 spiro atoms. The molecule has 2 rings (SSSR count). The zero-order valence-electron chi connectivity index (χ0n) is 14.0. The summed E-state index contributed by atoms with van der Waals surface area (Å²) >= 11 is 0. The Bertz CT molecular complexity index is 591. The second kappa shape index (κ2) is 8.99. The minimum Gasteiger partial charge on any atom is -0.350 e. The largest absolute Gasteiger partial charge is 0.350 e. The summed E-state index contributed by atoms with van der Waals surface area (Å²) in [5, 5.41) is 5.23. The first-order valence-electron chi connectivity index (χ1n) is 8.00. The second-order valence-electron chi connectivity index (χ2n) is 6.55. The fourth-order valence-corrected chi connectivity index (χ4v) is 2.33. The van der Waals surface area contributed by atoms with Gasteiger partial charge in [-0.25, -0.2) is 4.39 Å². The lowest BCUT2D eigenvalue weighted by atomic mass is 10.1. The van der Waals surface area contributed by atoms with Gasteiger partial charge in [-0.05, 0) is 42.9 Å². The zero-order valence-corrected chi connectivity index (χ0v) is 14.8. The molecule has 0 heterocycles. The van der Waals surface area contributed by atoms with E-state index in [1.165, 1.54) is 12.1 Å². The van der Waals surface area contributed by atoms with Gasteiger partial charge in [0.15, 0.2) is 0 Å². The van der Waals surface area contributed by atoms with Gasteiger partial charge in [-0.2, -0.15) is 0 Å². The molecular formula is C17H25ClFN3O2. The Morgan fingerprint density at radius 1 is 1.33 bits per heavy atom. The Balaban J connectivity index is 0.00000288. The van der Waals surface area contributed by atoms with Crippen LogP contribution in [0.4, 0.5) is 10.1 Å². The van der Waals surface area contributed by atoms with Crippen molar-refractivity contribution in [2.45, 2.75) is 39.2 Å². The van der Waals surface area contributed by atoms with E-state index in [4.69, 9.17) is 5.73 Å². The summed E-state index contributed by atoms with van der Waals surface area (Å²) in [7, 11) is 0. The lowest BCUT2D eigenvalue weighted by Crippen LogP contribution is -2.38. The number of hydrogen-bond acceptors (Lipinski definition) is 3. The van der Waals surface area contributed by atoms with E-state index in [1.54, 1.807) is 0 Å². The number of rotatable bonds is 7. The van der Waals surface area contributed by atoms with Crippen molar-refractivity contribution in [2.24, 2.45) is 17.6 Å². The van der Waals surface area contributed by atoms with Crippen LogP contribution in [0.5, 0.6) is 0 Å². The Kier molecular flexibility index (Phi) is 7.63. The van der Waals surface area contributed by atoms with Crippen LogP contribution in [-0.4, -0.2) is 24.4 Å². The van der Waals surface area contributed by atoms with Crippen molar-refractivity contribution in [3.8, 4) is 0 Å². The number of benzene rings is 1. The van der Waals surface area contributed by atoms with Crippen molar-refractivity contribution < 1.29 is 14.0 Å². The van der Waals surface area contributed by atoms with Crippen molar-refractivity contribution in [3.05, 3.63) is 29.6 Å². The standard InChI is InChI=1S/C17H24FN3O2.ClH/c1-10(2)7-16(22)21-15-6-5-12(8-13(15)18)17(23)20-9-14(19)11-3-4-11;/h5-6,8,10-11,14H,3-4,7,9,19H2,1-2H3,(H,20,23)(H,21,22);1H. The lowest BCUT2D eigenvalue weighted by molar-refractivity contribution is -0.116. The molecule has 0 aromatic heterocycles. The molecule has 1 saturated carbocycles. The zero-order chi connectivity index (χ0) is 17.0. The fraction of sp³-hybridized carbons (Fsp3) is 0.529. The van der Waals surface area contributed by atoms with Gasteiger partial charge in [0.2, 0.25) is 5.91 Å². The first kappa shape index (κ1) is 20.4. The van der Waals surface area contributed by atoms with Crippen LogP contribution in [-0.2, 0) is 4.79 Å². The Morgan fingerprint density at radius 3 is 2.54 bits per heavy atom. The van der Waals surface area contributed by atoms with Crippen LogP contribution >= 0.6 is 12.4 Å². The highest BCUT2D eigenvalue weighted by molar-refractivity contribution is 5.96. The molecule has 0 saturated heterocycles. The van der Waals surface area contributed by atoms with Gasteiger partial charge in [-0.1, -0.05) is 13.8 Å². The van der Waals surface area contributed by atoms with Gasteiger partial charge >= 0.3 is 0 Å². The Hall–Kier alpha value is -1.66. The van der Waals surface area contributed by atoms with Crippen LogP contribution in [0.2, 0.25) is 0 Å². The monoisotopic (exact) mass is 357 g/mol. The number of halogens is 2. The number of nitrogens with two attached hydrogens (primary N) is 1.